The van der Waals surface area contributed by atoms with E-state index < -0.39 is 0 Å². The Labute approximate surface area is 95.6 Å². The van der Waals surface area contributed by atoms with Gasteiger partial charge in [0.05, 0.1) is 6.04 Å². The van der Waals surface area contributed by atoms with Gasteiger partial charge in [-0.25, -0.2) is 0 Å². The van der Waals surface area contributed by atoms with Crippen LogP contribution in [0.4, 0.5) is 0 Å². The van der Waals surface area contributed by atoms with Crippen LogP contribution in [0.2, 0.25) is 0 Å². The Morgan fingerprint density at radius 1 is 1.47 bits per heavy atom. The molecule has 15 heavy (non-hydrogen) atoms. The molecule has 1 aromatic heterocycles. The lowest BCUT2D eigenvalue weighted by atomic mass is 10.2. The summed E-state index contributed by atoms with van der Waals surface area (Å²) in [6, 6.07) is 4.83. The number of rotatable bonds is 3. The van der Waals surface area contributed by atoms with Gasteiger partial charge in [-0.3, -0.25) is 4.90 Å². The van der Waals surface area contributed by atoms with Gasteiger partial charge in [0.1, 0.15) is 0 Å². The second-order valence-corrected chi connectivity index (χ2v) is 5.23. The number of nitrogens with one attached hydrogen (secondary N) is 1. The molecule has 2 rings (SSSR count). The molecule has 1 saturated heterocycles. The standard InChI is InChI=1S/C12H18N2S/c1-3-11(12-5-4-10(2)15-12)14-8-6-13-7-9-14/h3-5,11,13H,1,6-9H2,2H3/t11-/m0/s1. The molecule has 0 radical (unpaired) electrons. The van der Waals surface area contributed by atoms with E-state index >= 15 is 0 Å². The van der Waals surface area contributed by atoms with E-state index in [0.29, 0.717) is 6.04 Å². The van der Waals surface area contributed by atoms with Crippen LogP contribution in [0, 0.1) is 6.92 Å². The fraction of sp³-hybridized carbons (Fsp3) is 0.500. The van der Waals surface area contributed by atoms with Crippen LogP contribution in [0.5, 0.6) is 0 Å². The Hall–Kier alpha value is -0.640. The molecule has 0 bridgehead atoms. The van der Waals surface area contributed by atoms with Crippen molar-refractivity contribution in [3.8, 4) is 0 Å². The van der Waals surface area contributed by atoms with Gasteiger partial charge < -0.3 is 5.32 Å². The van der Waals surface area contributed by atoms with Crippen LogP contribution in [0.3, 0.4) is 0 Å². The molecule has 0 amide bonds. The largest absolute Gasteiger partial charge is 0.314 e. The first kappa shape index (κ1) is 10.9. The Kier molecular flexibility index (Phi) is 3.57. The minimum absolute atomic E-state index is 0.408. The highest BCUT2D eigenvalue weighted by Gasteiger charge is 2.20. The van der Waals surface area contributed by atoms with Crippen molar-refractivity contribution in [3.63, 3.8) is 0 Å². The normalized spacial score (nSPS) is 20.1. The van der Waals surface area contributed by atoms with Crippen molar-refractivity contribution in [3.05, 3.63) is 34.5 Å². The maximum absolute atomic E-state index is 3.97. The highest BCUT2D eigenvalue weighted by molar-refractivity contribution is 7.12. The predicted molar refractivity (Wildman–Crippen MR) is 66.4 cm³/mol. The van der Waals surface area contributed by atoms with Crippen LogP contribution in [0.15, 0.2) is 24.8 Å². The lowest BCUT2D eigenvalue weighted by Gasteiger charge is -2.32. The minimum Gasteiger partial charge on any atom is -0.314 e. The van der Waals surface area contributed by atoms with Crippen LogP contribution in [-0.4, -0.2) is 31.1 Å². The summed E-state index contributed by atoms with van der Waals surface area (Å²) in [7, 11) is 0. The third-order valence-electron chi connectivity index (χ3n) is 2.82. The summed E-state index contributed by atoms with van der Waals surface area (Å²) < 4.78 is 0. The van der Waals surface area contributed by atoms with Gasteiger partial charge in [-0.15, -0.1) is 17.9 Å². The molecule has 0 saturated carbocycles. The van der Waals surface area contributed by atoms with Crippen LogP contribution in [0.1, 0.15) is 15.8 Å². The number of hydrogen-bond donors (Lipinski definition) is 1. The Bertz CT molecular complexity index is 326. The molecule has 1 fully saturated rings. The quantitative estimate of drug-likeness (QED) is 0.789. The highest BCUT2D eigenvalue weighted by Crippen LogP contribution is 2.28. The molecule has 0 spiro atoms. The lowest BCUT2D eigenvalue weighted by Crippen LogP contribution is -2.44. The SMILES string of the molecule is C=C[C@@H](c1ccc(C)s1)N1CCNCC1. The van der Waals surface area contributed by atoms with E-state index in [2.05, 4.69) is 41.9 Å². The average Bonchev–Trinajstić information content (AvgIpc) is 2.68. The second kappa shape index (κ2) is 4.92. The molecule has 3 heteroatoms. The summed E-state index contributed by atoms with van der Waals surface area (Å²) in [4.78, 5) is 5.30. The number of hydrogen-bond acceptors (Lipinski definition) is 3. The molecule has 1 aliphatic heterocycles. The Balaban J connectivity index is 2.12. The number of nitrogens with zero attached hydrogens (tertiary/aromatic N) is 1. The van der Waals surface area contributed by atoms with E-state index in [4.69, 9.17) is 0 Å². The maximum Gasteiger partial charge on any atom is 0.0624 e. The van der Waals surface area contributed by atoms with Gasteiger partial charge in [0, 0.05) is 35.9 Å². The maximum atomic E-state index is 3.97. The van der Waals surface area contributed by atoms with Gasteiger partial charge in [-0.2, -0.15) is 0 Å². The fourth-order valence-corrected chi connectivity index (χ4v) is 3.03. The van der Waals surface area contributed by atoms with Crippen molar-refractivity contribution < 1.29 is 0 Å². The van der Waals surface area contributed by atoms with E-state index in [1.54, 1.807) is 0 Å². The van der Waals surface area contributed by atoms with Gasteiger partial charge in [0.15, 0.2) is 0 Å². The molecule has 0 unspecified atom stereocenters. The van der Waals surface area contributed by atoms with Crippen LogP contribution >= 0.6 is 11.3 Å². The van der Waals surface area contributed by atoms with Gasteiger partial charge in [-0.05, 0) is 19.1 Å². The van der Waals surface area contributed by atoms with Gasteiger partial charge in [-0.1, -0.05) is 6.08 Å². The number of piperazine rings is 1. The zero-order valence-corrected chi connectivity index (χ0v) is 10.0. The first-order valence-corrected chi connectivity index (χ1v) is 6.26. The molecule has 2 nitrogen and oxygen atoms in total. The summed E-state index contributed by atoms with van der Waals surface area (Å²) in [6.45, 7) is 10.5. The minimum atomic E-state index is 0.408. The van der Waals surface area contributed by atoms with Crippen molar-refractivity contribution in [2.24, 2.45) is 0 Å². The van der Waals surface area contributed by atoms with Crippen molar-refractivity contribution in [2.45, 2.75) is 13.0 Å². The van der Waals surface area contributed by atoms with Crippen LogP contribution in [-0.2, 0) is 0 Å². The molecule has 1 aliphatic rings. The van der Waals surface area contributed by atoms with E-state index in [-0.39, 0.29) is 0 Å². The van der Waals surface area contributed by atoms with E-state index in [9.17, 15) is 0 Å². The van der Waals surface area contributed by atoms with Crippen LogP contribution < -0.4 is 5.32 Å². The first-order chi connectivity index (χ1) is 7.31. The third kappa shape index (κ3) is 2.48. The summed E-state index contributed by atoms with van der Waals surface area (Å²) in [5.74, 6) is 0. The first-order valence-electron chi connectivity index (χ1n) is 5.45. The second-order valence-electron chi connectivity index (χ2n) is 3.91. The fourth-order valence-electron chi connectivity index (χ4n) is 2.02. The molecule has 82 valence electrons. The monoisotopic (exact) mass is 222 g/mol. The Morgan fingerprint density at radius 2 is 2.20 bits per heavy atom. The van der Waals surface area contributed by atoms with Gasteiger partial charge in [0.2, 0.25) is 0 Å². The molecule has 2 heterocycles. The van der Waals surface area contributed by atoms with Crippen molar-refractivity contribution >= 4 is 11.3 Å². The summed E-state index contributed by atoms with van der Waals surface area (Å²) in [5.41, 5.74) is 0. The van der Waals surface area contributed by atoms with Crippen molar-refractivity contribution in [2.75, 3.05) is 26.2 Å². The molecular formula is C12H18N2S. The lowest BCUT2D eigenvalue weighted by molar-refractivity contribution is 0.206. The van der Waals surface area contributed by atoms with E-state index in [0.717, 1.165) is 26.2 Å². The third-order valence-corrected chi connectivity index (χ3v) is 3.89. The summed E-state index contributed by atoms with van der Waals surface area (Å²) >= 11 is 1.88. The van der Waals surface area contributed by atoms with Gasteiger partial charge in [0.25, 0.3) is 0 Å². The average molecular weight is 222 g/mol. The van der Waals surface area contributed by atoms with Gasteiger partial charge >= 0.3 is 0 Å². The smallest absolute Gasteiger partial charge is 0.0624 e. The van der Waals surface area contributed by atoms with E-state index in [1.165, 1.54) is 9.75 Å². The number of thiophene rings is 1. The molecule has 1 atom stereocenters. The predicted octanol–water partition coefficient (Wildman–Crippen LogP) is 2.19. The van der Waals surface area contributed by atoms with Crippen molar-refractivity contribution in [1.82, 2.24) is 10.2 Å². The molecule has 1 aromatic rings. The van der Waals surface area contributed by atoms with Crippen LogP contribution in [0.25, 0.3) is 0 Å². The summed E-state index contributed by atoms with van der Waals surface area (Å²) in [6.07, 6.45) is 2.07. The number of aryl methyl sites for hydroxylation is 1. The summed E-state index contributed by atoms with van der Waals surface area (Å²) in [5, 5.41) is 3.38. The molecule has 0 aromatic carbocycles. The zero-order valence-electron chi connectivity index (χ0n) is 9.20. The molecule has 0 aliphatic carbocycles. The molecule has 1 N–H and O–H groups in total. The van der Waals surface area contributed by atoms with Crippen molar-refractivity contribution in [1.29, 1.82) is 0 Å². The van der Waals surface area contributed by atoms with E-state index in [1.807, 2.05) is 11.3 Å². The highest BCUT2D eigenvalue weighted by atomic mass is 32.1. The molecular weight excluding hydrogens is 204 g/mol. The topological polar surface area (TPSA) is 15.3 Å². The zero-order chi connectivity index (χ0) is 10.7. The Morgan fingerprint density at radius 3 is 2.73 bits per heavy atom.